The zero-order valence-electron chi connectivity index (χ0n) is 8.33. The largest absolute Gasteiger partial charge is 0.392 e. The summed E-state index contributed by atoms with van der Waals surface area (Å²) >= 11 is 4.57. The predicted molar refractivity (Wildman–Crippen MR) is 60.4 cm³/mol. The molecular weight excluding hydrogens is 215 g/mol. The van der Waals surface area contributed by atoms with Crippen LogP contribution in [0.1, 0.15) is 27.0 Å². The Hall–Kier alpha value is -0.790. The highest BCUT2D eigenvalue weighted by Gasteiger charge is 2.13. The van der Waals surface area contributed by atoms with Crippen molar-refractivity contribution in [3.63, 3.8) is 0 Å². The van der Waals surface area contributed by atoms with Gasteiger partial charge in [0.15, 0.2) is 0 Å². The Balaban J connectivity index is 3.20. The molecule has 74 valence electrons. The maximum Gasteiger partial charge on any atom is 0.347 e. The van der Waals surface area contributed by atoms with Crippen LogP contribution < -0.4 is 0 Å². The van der Waals surface area contributed by atoms with Crippen molar-refractivity contribution in [3.8, 4) is 0 Å². The van der Waals surface area contributed by atoms with Crippen LogP contribution in [0.2, 0.25) is 0 Å². The topological polar surface area (TPSA) is 26.3 Å². The third-order valence-electron chi connectivity index (χ3n) is 2.00. The summed E-state index contributed by atoms with van der Waals surface area (Å²) < 4.78 is 4.78. The standard InChI is InChI=1S/C10H11O2PS/c1-6-4-7(2)9(8(3)5-6)10(11)12-13-14/h4-5H,1-3H3. The van der Waals surface area contributed by atoms with Crippen LogP contribution in [0.3, 0.4) is 0 Å². The highest BCUT2D eigenvalue weighted by Crippen LogP contribution is 2.18. The van der Waals surface area contributed by atoms with E-state index in [1.54, 1.807) is 0 Å². The van der Waals surface area contributed by atoms with Crippen LogP contribution in [0.25, 0.3) is 0 Å². The molecule has 0 amide bonds. The van der Waals surface area contributed by atoms with Crippen LogP contribution >= 0.6 is 7.58 Å². The molecule has 0 N–H and O–H groups in total. The first kappa shape index (κ1) is 11.3. The van der Waals surface area contributed by atoms with E-state index in [0.29, 0.717) is 5.56 Å². The van der Waals surface area contributed by atoms with E-state index in [-0.39, 0.29) is 13.6 Å². The molecule has 0 saturated carbocycles. The number of aryl methyl sites for hydroxylation is 3. The SMILES string of the molecule is Cc1cc(C)c(C(=O)OP=S)c(C)c1. The molecule has 0 bridgehead atoms. The molecule has 1 rings (SSSR count). The summed E-state index contributed by atoms with van der Waals surface area (Å²) in [6, 6.07) is 3.92. The van der Waals surface area contributed by atoms with Crippen LogP contribution in [0.5, 0.6) is 0 Å². The molecule has 0 aliphatic carbocycles. The fraction of sp³-hybridized carbons (Fsp3) is 0.300. The van der Waals surface area contributed by atoms with Crippen molar-refractivity contribution in [2.45, 2.75) is 20.8 Å². The van der Waals surface area contributed by atoms with Crippen molar-refractivity contribution in [2.24, 2.45) is 0 Å². The second kappa shape index (κ2) is 4.63. The molecule has 14 heavy (non-hydrogen) atoms. The highest BCUT2D eigenvalue weighted by molar-refractivity contribution is 7.94. The molecule has 0 atom stereocenters. The first-order chi connectivity index (χ1) is 6.56. The van der Waals surface area contributed by atoms with Crippen LogP contribution in [0.15, 0.2) is 12.1 Å². The smallest absolute Gasteiger partial charge is 0.347 e. The minimum absolute atomic E-state index is 0.224. The number of rotatable bonds is 2. The van der Waals surface area contributed by atoms with Gasteiger partial charge < -0.3 is 4.52 Å². The fourth-order valence-electron chi connectivity index (χ4n) is 1.58. The zero-order chi connectivity index (χ0) is 10.7. The molecule has 1 aromatic rings. The van der Waals surface area contributed by atoms with E-state index in [1.165, 1.54) is 0 Å². The van der Waals surface area contributed by atoms with E-state index >= 15 is 0 Å². The zero-order valence-corrected chi connectivity index (χ0v) is 10.0. The van der Waals surface area contributed by atoms with Crippen molar-refractivity contribution < 1.29 is 9.32 Å². The van der Waals surface area contributed by atoms with Gasteiger partial charge in [-0.3, -0.25) is 0 Å². The Bertz CT molecular complexity index is 365. The highest BCUT2D eigenvalue weighted by atomic mass is 32.4. The Morgan fingerprint density at radius 1 is 1.29 bits per heavy atom. The van der Waals surface area contributed by atoms with Crippen molar-refractivity contribution in [3.05, 3.63) is 34.4 Å². The minimum Gasteiger partial charge on any atom is -0.392 e. The summed E-state index contributed by atoms with van der Waals surface area (Å²) in [5.41, 5.74) is 3.65. The van der Waals surface area contributed by atoms with E-state index < -0.39 is 0 Å². The molecule has 0 radical (unpaired) electrons. The number of benzene rings is 1. The molecule has 0 saturated heterocycles. The van der Waals surface area contributed by atoms with Crippen molar-refractivity contribution in [2.75, 3.05) is 0 Å². The quantitative estimate of drug-likeness (QED) is 0.725. The van der Waals surface area contributed by atoms with Gasteiger partial charge in [-0.1, -0.05) is 17.7 Å². The second-order valence-electron chi connectivity index (χ2n) is 3.23. The number of carbonyl (C=O) groups excluding carboxylic acids is 1. The summed E-state index contributed by atoms with van der Waals surface area (Å²) in [4.78, 5) is 11.5. The molecule has 4 heteroatoms. The van der Waals surface area contributed by atoms with E-state index in [2.05, 4.69) is 11.8 Å². The van der Waals surface area contributed by atoms with Crippen molar-refractivity contribution in [1.82, 2.24) is 0 Å². The third-order valence-corrected chi connectivity index (χ3v) is 2.47. The molecule has 0 unspecified atom stereocenters. The molecule has 1 aromatic carbocycles. The Morgan fingerprint density at radius 2 is 1.79 bits per heavy atom. The molecule has 2 nitrogen and oxygen atoms in total. The lowest BCUT2D eigenvalue weighted by Crippen LogP contribution is -2.04. The van der Waals surface area contributed by atoms with Gasteiger partial charge in [-0.15, -0.1) is 0 Å². The molecule has 0 aliphatic rings. The first-order valence-corrected chi connectivity index (χ1v) is 6.00. The maximum atomic E-state index is 11.5. The van der Waals surface area contributed by atoms with E-state index in [0.717, 1.165) is 16.7 Å². The van der Waals surface area contributed by atoms with Crippen molar-refractivity contribution in [1.29, 1.82) is 0 Å². The lowest BCUT2D eigenvalue weighted by molar-refractivity contribution is 0.0763. The van der Waals surface area contributed by atoms with E-state index in [4.69, 9.17) is 4.52 Å². The van der Waals surface area contributed by atoms with Crippen molar-refractivity contribution >= 4 is 25.4 Å². The summed E-state index contributed by atoms with van der Waals surface area (Å²) in [7, 11) is 0.224. The lowest BCUT2D eigenvalue weighted by Gasteiger charge is -2.07. The second-order valence-corrected chi connectivity index (χ2v) is 4.01. The monoisotopic (exact) mass is 226 g/mol. The Kier molecular flexibility index (Phi) is 3.73. The lowest BCUT2D eigenvalue weighted by atomic mass is 10.0. The molecular formula is C10H11O2PS. The summed E-state index contributed by atoms with van der Waals surface area (Å²) in [5.74, 6) is -0.336. The molecule has 0 spiro atoms. The number of hydrogen-bond donors (Lipinski definition) is 0. The van der Waals surface area contributed by atoms with Gasteiger partial charge in [0.1, 0.15) is 0 Å². The van der Waals surface area contributed by atoms with Gasteiger partial charge >= 0.3 is 5.97 Å². The van der Waals surface area contributed by atoms with Gasteiger partial charge in [0.25, 0.3) is 0 Å². The fourth-order valence-corrected chi connectivity index (χ4v) is 1.94. The average Bonchev–Trinajstić information content (AvgIpc) is 2.01. The Labute approximate surface area is 90.2 Å². The number of hydrogen-bond acceptors (Lipinski definition) is 3. The van der Waals surface area contributed by atoms with Gasteiger partial charge in [-0.25, -0.2) is 4.79 Å². The minimum atomic E-state index is -0.336. The van der Waals surface area contributed by atoms with Gasteiger partial charge in [0.05, 0.1) is 5.56 Å². The van der Waals surface area contributed by atoms with Crippen LogP contribution in [0.4, 0.5) is 0 Å². The summed E-state index contributed by atoms with van der Waals surface area (Å²) in [5, 5.41) is 0. The molecule has 0 fully saturated rings. The van der Waals surface area contributed by atoms with Gasteiger partial charge in [0, 0.05) is 0 Å². The summed E-state index contributed by atoms with van der Waals surface area (Å²) in [6.45, 7) is 5.80. The molecule has 0 aliphatic heterocycles. The van der Waals surface area contributed by atoms with E-state index in [1.807, 2.05) is 32.9 Å². The predicted octanol–water partition coefficient (Wildman–Crippen LogP) is 3.09. The maximum absolute atomic E-state index is 11.5. The first-order valence-electron chi connectivity index (χ1n) is 4.18. The van der Waals surface area contributed by atoms with Crippen LogP contribution in [-0.2, 0) is 16.3 Å². The summed E-state index contributed by atoms with van der Waals surface area (Å²) in [6.07, 6.45) is 0. The Morgan fingerprint density at radius 3 is 2.21 bits per heavy atom. The molecule has 0 heterocycles. The van der Waals surface area contributed by atoms with Gasteiger partial charge in [0.2, 0.25) is 7.58 Å². The average molecular weight is 226 g/mol. The van der Waals surface area contributed by atoms with Gasteiger partial charge in [-0.05, 0) is 43.7 Å². The van der Waals surface area contributed by atoms with Crippen LogP contribution in [-0.4, -0.2) is 5.97 Å². The van der Waals surface area contributed by atoms with Gasteiger partial charge in [-0.2, -0.15) is 0 Å². The van der Waals surface area contributed by atoms with Crippen LogP contribution in [0, 0.1) is 20.8 Å². The van der Waals surface area contributed by atoms with E-state index in [9.17, 15) is 4.79 Å². The third kappa shape index (κ3) is 2.37. The number of carbonyl (C=O) groups is 1. The molecule has 0 aromatic heterocycles. The normalized spacial score (nSPS) is 10.2.